The van der Waals surface area contributed by atoms with Gasteiger partial charge in [0.1, 0.15) is 16.9 Å². The van der Waals surface area contributed by atoms with E-state index < -0.39 is 24.2 Å². The monoisotopic (exact) mass is 679 g/mol. The van der Waals surface area contributed by atoms with Crippen LogP contribution in [0.25, 0.3) is 33.6 Å². The molecule has 0 saturated carbocycles. The lowest BCUT2D eigenvalue weighted by atomic mass is 9.79. The Labute approximate surface area is 282 Å². The number of imidazole rings is 1. The molecule has 2 fully saturated rings. The number of benzene rings is 1. The van der Waals surface area contributed by atoms with Crippen LogP contribution in [0.5, 0.6) is 5.75 Å². The van der Waals surface area contributed by atoms with Gasteiger partial charge >= 0.3 is 6.61 Å². The molecule has 3 atom stereocenters. The number of halogens is 2. The van der Waals surface area contributed by atoms with Crippen LogP contribution >= 0.6 is 0 Å². The number of amides is 2. The van der Waals surface area contributed by atoms with E-state index in [-0.39, 0.29) is 37.4 Å². The van der Waals surface area contributed by atoms with Crippen LogP contribution in [0, 0.1) is 5.41 Å². The van der Waals surface area contributed by atoms with Gasteiger partial charge < -0.3 is 39.3 Å². The van der Waals surface area contributed by atoms with Gasteiger partial charge in [0, 0.05) is 43.7 Å². The first-order chi connectivity index (χ1) is 23.6. The van der Waals surface area contributed by atoms with Crippen molar-refractivity contribution in [2.45, 2.75) is 76.8 Å². The average Bonchev–Trinajstić information content (AvgIpc) is 3.59. The number of hydrogen-bond acceptors (Lipinski definition) is 8. The van der Waals surface area contributed by atoms with Crippen molar-refractivity contribution in [3.05, 3.63) is 41.6 Å². The molecule has 0 unspecified atom stereocenters. The summed E-state index contributed by atoms with van der Waals surface area (Å²) in [6, 6.07) is 8.50. The summed E-state index contributed by atoms with van der Waals surface area (Å²) in [6.07, 6.45) is 4.12. The Morgan fingerprint density at radius 3 is 2.63 bits per heavy atom. The summed E-state index contributed by atoms with van der Waals surface area (Å²) in [6.45, 7) is 1.05. The maximum absolute atomic E-state index is 13.7. The molecule has 1 aromatic carbocycles. The van der Waals surface area contributed by atoms with Crippen molar-refractivity contribution >= 4 is 33.9 Å². The number of ether oxygens (including phenoxy) is 3. The lowest BCUT2D eigenvalue weighted by molar-refractivity contribution is -0.175. The maximum Gasteiger partial charge on any atom is 0.345 e. The number of aromatic nitrogens is 4. The summed E-state index contributed by atoms with van der Waals surface area (Å²) in [5.41, 5.74) is 9.82. The van der Waals surface area contributed by atoms with Gasteiger partial charge in [0.25, 0.3) is 5.91 Å². The molecule has 0 radical (unpaired) electrons. The van der Waals surface area contributed by atoms with Crippen LogP contribution in [0.2, 0.25) is 0 Å². The Hall–Kier alpha value is -4.14. The van der Waals surface area contributed by atoms with E-state index in [4.69, 9.17) is 25.2 Å². The molecule has 0 aliphatic carbocycles. The smallest absolute Gasteiger partial charge is 0.345 e. The van der Waals surface area contributed by atoms with Gasteiger partial charge in [0.15, 0.2) is 5.82 Å². The summed E-state index contributed by atoms with van der Waals surface area (Å²) in [7, 11) is 3.47. The molecule has 3 aliphatic rings. The molecular weight excluding hydrogens is 636 g/mol. The third-order valence-corrected chi connectivity index (χ3v) is 10.4. The predicted octanol–water partition coefficient (Wildman–Crippen LogP) is 4.54. The minimum absolute atomic E-state index is 0.0286. The molecule has 3 N–H and O–H groups in total. The Bertz CT molecular complexity index is 1890. The summed E-state index contributed by atoms with van der Waals surface area (Å²) < 4.78 is 45.7. The highest BCUT2D eigenvalue weighted by Crippen LogP contribution is 2.37. The van der Waals surface area contributed by atoms with Gasteiger partial charge in [-0.15, -0.1) is 0 Å². The highest BCUT2D eigenvalue weighted by Gasteiger charge is 2.45. The van der Waals surface area contributed by atoms with Gasteiger partial charge in [0.05, 0.1) is 54.8 Å². The van der Waals surface area contributed by atoms with E-state index in [2.05, 4.69) is 20.7 Å². The predicted molar refractivity (Wildman–Crippen MR) is 178 cm³/mol. The van der Waals surface area contributed by atoms with E-state index in [1.807, 2.05) is 30.7 Å². The number of alkyl halides is 2. The van der Waals surface area contributed by atoms with Gasteiger partial charge in [-0.3, -0.25) is 9.59 Å². The van der Waals surface area contributed by atoms with Crippen LogP contribution in [-0.2, 0) is 27.9 Å². The van der Waals surface area contributed by atoms with Gasteiger partial charge in [-0.25, -0.2) is 9.97 Å². The van der Waals surface area contributed by atoms with Crippen molar-refractivity contribution in [3.8, 4) is 17.3 Å². The van der Waals surface area contributed by atoms with Crippen molar-refractivity contribution in [2.24, 2.45) is 18.2 Å². The Kier molecular flexibility index (Phi) is 9.05. The molecule has 3 aliphatic heterocycles. The van der Waals surface area contributed by atoms with E-state index >= 15 is 0 Å². The molecule has 2 bridgehead atoms. The summed E-state index contributed by atoms with van der Waals surface area (Å²) >= 11 is 0. The molecule has 49 heavy (non-hydrogen) atoms. The molecular formula is C35H43F2N7O5. The number of nitrogens with zero attached hydrogens (tertiary/aromatic N) is 5. The maximum atomic E-state index is 13.7. The highest BCUT2D eigenvalue weighted by molar-refractivity contribution is 6.00. The number of fused-ring (bicyclic) bond motifs is 2. The Morgan fingerprint density at radius 1 is 1.12 bits per heavy atom. The number of methoxy groups -OCH3 is 1. The van der Waals surface area contributed by atoms with E-state index in [0.717, 1.165) is 66.6 Å². The van der Waals surface area contributed by atoms with Crippen molar-refractivity contribution in [1.82, 2.24) is 29.3 Å². The normalized spacial score (nSPS) is 23.2. The second kappa shape index (κ2) is 13.3. The first kappa shape index (κ1) is 33.4. The quantitative estimate of drug-likeness (QED) is 0.314. The number of nitrogens with two attached hydrogens (primary N) is 1. The first-order valence-corrected chi connectivity index (χ1v) is 17.0. The van der Waals surface area contributed by atoms with Crippen LogP contribution in [0.15, 0.2) is 30.3 Å². The summed E-state index contributed by atoms with van der Waals surface area (Å²) in [4.78, 5) is 38.7. The standard InChI is InChI=1S/C35H43F2N7O5/c1-20-24-9-8-21-15-26(44(30(21)40-24)12-7-5-4-6-11-35(18-48-19-35)33(46)39-20)31-41-25-14-22(16-28(47-3)29(25)42(31)2)32(45)43-13-10-27(23(38)17-43)49-34(36)37/h8-9,14-16,20,23,27,34H,4-7,10-13,17-19,38H2,1-3H3,(H,39,46)/t20-,23+,27-/m1/s1. The zero-order valence-electron chi connectivity index (χ0n) is 28.1. The lowest BCUT2D eigenvalue weighted by Gasteiger charge is -2.40. The van der Waals surface area contributed by atoms with E-state index in [1.165, 1.54) is 0 Å². The van der Waals surface area contributed by atoms with Crippen molar-refractivity contribution < 1.29 is 32.6 Å². The van der Waals surface area contributed by atoms with Crippen molar-refractivity contribution in [3.63, 3.8) is 0 Å². The van der Waals surface area contributed by atoms with Crippen LogP contribution < -0.4 is 15.8 Å². The lowest BCUT2D eigenvalue weighted by Crippen LogP contribution is -2.54. The van der Waals surface area contributed by atoms with Crippen molar-refractivity contribution in [2.75, 3.05) is 33.4 Å². The van der Waals surface area contributed by atoms with Gasteiger partial charge in [-0.05, 0) is 56.5 Å². The number of aryl methyl sites for hydroxylation is 2. The van der Waals surface area contributed by atoms with Crippen LogP contribution in [0.1, 0.15) is 67.5 Å². The molecule has 3 aromatic heterocycles. The number of carbonyl (C=O) groups excluding carboxylic acids is 2. The average molecular weight is 680 g/mol. The number of likely N-dealkylation sites (tertiary alicyclic amines) is 1. The van der Waals surface area contributed by atoms with Crippen LogP contribution in [0.3, 0.4) is 0 Å². The fourth-order valence-corrected chi connectivity index (χ4v) is 7.49. The highest BCUT2D eigenvalue weighted by atomic mass is 19.3. The topological polar surface area (TPSA) is 139 Å². The largest absolute Gasteiger partial charge is 0.494 e. The zero-order chi connectivity index (χ0) is 34.4. The van der Waals surface area contributed by atoms with E-state index in [1.54, 1.807) is 24.1 Å². The Balaban J connectivity index is 1.24. The van der Waals surface area contributed by atoms with Crippen molar-refractivity contribution in [1.29, 1.82) is 0 Å². The number of carbonyl (C=O) groups is 2. The molecule has 4 aromatic rings. The summed E-state index contributed by atoms with van der Waals surface area (Å²) in [5.74, 6) is 0.924. The minimum atomic E-state index is -2.92. The zero-order valence-corrected chi connectivity index (χ0v) is 28.1. The fraction of sp³-hybridized carbons (Fsp3) is 0.543. The Morgan fingerprint density at radius 2 is 1.92 bits per heavy atom. The molecule has 262 valence electrons. The number of rotatable bonds is 5. The molecule has 14 heteroatoms. The van der Waals surface area contributed by atoms with Gasteiger partial charge in [-0.2, -0.15) is 8.78 Å². The number of nitrogens with one attached hydrogen (secondary N) is 1. The van der Waals surface area contributed by atoms with E-state index in [0.29, 0.717) is 35.9 Å². The molecule has 6 heterocycles. The van der Waals surface area contributed by atoms with E-state index in [9.17, 15) is 18.4 Å². The second-order valence-electron chi connectivity index (χ2n) is 13.6. The number of hydrogen-bond donors (Lipinski definition) is 2. The fourth-order valence-electron chi connectivity index (χ4n) is 7.49. The molecule has 1 spiro atoms. The summed E-state index contributed by atoms with van der Waals surface area (Å²) in [5, 5.41) is 4.16. The van der Waals surface area contributed by atoms with Crippen LogP contribution in [-0.4, -0.2) is 88.0 Å². The number of piperidine rings is 1. The van der Waals surface area contributed by atoms with Gasteiger partial charge in [-0.1, -0.05) is 19.3 Å². The molecule has 2 saturated heterocycles. The van der Waals surface area contributed by atoms with Crippen LogP contribution in [0.4, 0.5) is 8.78 Å². The number of pyridine rings is 1. The molecule has 7 rings (SSSR count). The SMILES string of the molecule is COc1cc(C(=O)N2CC[C@@H](OC(F)F)[C@@H](N)C2)cc2nc(-c3cc4ccc5nc4n3CCCCCCC3(COC3)C(=O)N[C@@H]5C)n(C)c12. The minimum Gasteiger partial charge on any atom is -0.494 e. The van der Waals surface area contributed by atoms with Gasteiger partial charge in [0.2, 0.25) is 5.91 Å². The molecule has 12 nitrogen and oxygen atoms in total. The third kappa shape index (κ3) is 6.14. The molecule has 2 amide bonds. The second-order valence-corrected chi connectivity index (χ2v) is 13.6. The first-order valence-electron chi connectivity index (χ1n) is 17.0. The third-order valence-electron chi connectivity index (χ3n) is 10.4.